The number of hydrogen-bond acceptors (Lipinski definition) is 3. The second-order valence-electron chi connectivity index (χ2n) is 5.95. The first-order valence-electron chi connectivity index (χ1n) is 7.67. The van der Waals surface area contributed by atoms with Gasteiger partial charge in [-0.05, 0) is 61.4 Å². The van der Waals surface area contributed by atoms with Crippen LogP contribution in [0.25, 0.3) is 0 Å². The van der Waals surface area contributed by atoms with Crippen LogP contribution in [0.2, 0.25) is 0 Å². The van der Waals surface area contributed by atoms with Crippen molar-refractivity contribution in [3.05, 3.63) is 53.3 Å². The number of nitrogen functional groups attached to an aromatic ring is 1. The van der Waals surface area contributed by atoms with Gasteiger partial charge < -0.3 is 15.5 Å². The van der Waals surface area contributed by atoms with Crippen LogP contribution in [0.4, 0.5) is 21.5 Å². The Kier molecular flexibility index (Phi) is 3.92. The molecule has 2 aromatic carbocycles. The molecule has 1 fully saturated rings. The van der Waals surface area contributed by atoms with E-state index in [2.05, 4.69) is 35.8 Å². The summed E-state index contributed by atoms with van der Waals surface area (Å²) in [6, 6.07) is 11.0. The van der Waals surface area contributed by atoms with Gasteiger partial charge in [0.15, 0.2) is 0 Å². The molecule has 0 aliphatic carbocycles. The summed E-state index contributed by atoms with van der Waals surface area (Å²) in [5.74, 6) is -0.190. The van der Waals surface area contributed by atoms with Gasteiger partial charge in [0.2, 0.25) is 0 Å². The van der Waals surface area contributed by atoms with Gasteiger partial charge in [-0.3, -0.25) is 0 Å². The fourth-order valence-corrected chi connectivity index (χ4v) is 2.95. The van der Waals surface area contributed by atoms with Crippen molar-refractivity contribution in [2.75, 3.05) is 41.7 Å². The molecule has 116 valence electrons. The van der Waals surface area contributed by atoms with Gasteiger partial charge >= 0.3 is 0 Å². The van der Waals surface area contributed by atoms with Crippen LogP contribution in [-0.2, 0) is 0 Å². The molecule has 3 nitrogen and oxygen atoms in total. The molecule has 0 spiro atoms. The Hall–Kier alpha value is -2.23. The van der Waals surface area contributed by atoms with Gasteiger partial charge in [0, 0.05) is 31.9 Å². The largest absolute Gasteiger partial charge is 0.397 e. The van der Waals surface area contributed by atoms with E-state index in [9.17, 15) is 4.39 Å². The fourth-order valence-electron chi connectivity index (χ4n) is 2.95. The lowest BCUT2D eigenvalue weighted by atomic mass is 10.1. The van der Waals surface area contributed by atoms with Gasteiger partial charge in [-0.15, -0.1) is 0 Å². The third-order valence-corrected chi connectivity index (χ3v) is 4.46. The number of piperazine rings is 1. The van der Waals surface area contributed by atoms with E-state index in [0.29, 0.717) is 0 Å². The van der Waals surface area contributed by atoms with Crippen molar-refractivity contribution < 1.29 is 4.39 Å². The molecule has 1 heterocycles. The first kappa shape index (κ1) is 14.7. The molecule has 1 aliphatic rings. The smallest absolute Gasteiger partial charge is 0.123 e. The Bertz CT molecular complexity index is 659. The second-order valence-corrected chi connectivity index (χ2v) is 5.95. The molecule has 1 saturated heterocycles. The fraction of sp³-hybridized carbons (Fsp3) is 0.333. The maximum atomic E-state index is 13.0. The molecule has 0 saturated carbocycles. The highest BCUT2D eigenvalue weighted by Gasteiger charge is 2.19. The predicted octanol–water partition coefficient (Wildman–Crippen LogP) is 3.35. The minimum absolute atomic E-state index is 0.190. The number of rotatable bonds is 2. The predicted molar refractivity (Wildman–Crippen MR) is 91.2 cm³/mol. The topological polar surface area (TPSA) is 32.5 Å². The summed E-state index contributed by atoms with van der Waals surface area (Å²) < 4.78 is 13.0. The minimum atomic E-state index is -0.190. The van der Waals surface area contributed by atoms with E-state index in [4.69, 9.17) is 5.73 Å². The van der Waals surface area contributed by atoms with Crippen molar-refractivity contribution in [1.82, 2.24) is 0 Å². The number of nitrogens with two attached hydrogens (primary N) is 1. The molecule has 0 bridgehead atoms. The molecule has 3 rings (SSSR count). The van der Waals surface area contributed by atoms with Crippen LogP contribution >= 0.6 is 0 Å². The first-order chi connectivity index (χ1) is 10.5. The Morgan fingerprint density at radius 1 is 0.864 bits per heavy atom. The molecular formula is C18H22FN3. The van der Waals surface area contributed by atoms with Crippen LogP contribution in [0.5, 0.6) is 0 Å². The SMILES string of the molecule is Cc1cc(N)c(N2CCN(c3ccc(F)cc3)CC2)cc1C. The highest BCUT2D eigenvalue weighted by Crippen LogP contribution is 2.28. The highest BCUT2D eigenvalue weighted by molar-refractivity contribution is 5.70. The molecule has 0 aromatic heterocycles. The van der Waals surface area contributed by atoms with Crippen molar-refractivity contribution in [1.29, 1.82) is 0 Å². The molecule has 1 aliphatic heterocycles. The first-order valence-corrected chi connectivity index (χ1v) is 7.67. The summed E-state index contributed by atoms with van der Waals surface area (Å²) in [6.07, 6.45) is 0. The molecule has 22 heavy (non-hydrogen) atoms. The van der Waals surface area contributed by atoms with Crippen molar-refractivity contribution in [2.45, 2.75) is 13.8 Å². The van der Waals surface area contributed by atoms with Crippen molar-refractivity contribution in [3.8, 4) is 0 Å². The molecule has 0 radical (unpaired) electrons. The number of halogens is 1. The summed E-state index contributed by atoms with van der Waals surface area (Å²) in [5, 5.41) is 0. The van der Waals surface area contributed by atoms with Crippen molar-refractivity contribution in [2.24, 2.45) is 0 Å². The van der Waals surface area contributed by atoms with Crippen LogP contribution in [0.15, 0.2) is 36.4 Å². The van der Waals surface area contributed by atoms with E-state index >= 15 is 0 Å². The standard InChI is InChI=1S/C18H22FN3/c1-13-11-17(20)18(12-14(13)2)22-9-7-21(8-10-22)16-5-3-15(19)4-6-16/h3-6,11-12H,7-10,20H2,1-2H3. The Morgan fingerprint density at radius 2 is 1.41 bits per heavy atom. The minimum Gasteiger partial charge on any atom is -0.397 e. The molecule has 0 unspecified atom stereocenters. The van der Waals surface area contributed by atoms with Gasteiger partial charge in [0.05, 0.1) is 11.4 Å². The average Bonchev–Trinajstić information content (AvgIpc) is 2.52. The molecule has 4 heteroatoms. The number of hydrogen-bond donors (Lipinski definition) is 1. The lowest BCUT2D eigenvalue weighted by Gasteiger charge is -2.38. The van der Waals surface area contributed by atoms with E-state index in [0.717, 1.165) is 43.2 Å². The Morgan fingerprint density at radius 3 is 2.05 bits per heavy atom. The number of nitrogens with zero attached hydrogens (tertiary/aromatic N) is 2. The van der Waals surface area contributed by atoms with E-state index in [-0.39, 0.29) is 5.82 Å². The number of anilines is 3. The lowest BCUT2D eigenvalue weighted by Crippen LogP contribution is -2.46. The summed E-state index contributed by atoms with van der Waals surface area (Å²) in [4.78, 5) is 4.62. The van der Waals surface area contributed by atoms with Crippen LogP contribution < -0.4 is 15.5 Å². The van der Waals surface area contributed by atoms with Gasteiger partial charge in [0.1, 0.15) is 5.82 Å². The van der Waals surface area contributed by atoms with Gasteiger partial charge in [-0.1, -0.05) is 0 Å². The quantitative estimate of drug-likeness (QED) is 0.863. The van der Waals surface area contributed by atoms with Crippen LogP contribution in [0, 0.1) is 19.7 Å². The second kappa shape index (κ2) is 5.87. The van der Waals surface area contributed by atoms with Gasteiger partial charge in [0.25, 0.3) is 0 Å². The average molecular weight is 299 g/mol. The Balaban J connectivity index is 1.72. The van der Waals surface area contributed by atoms with Gasteiger partial charge in [-0.25, -0.2) is 4.39 Å². The van der Waals surface area contributed by atoms with E-state index < -0.39 is 0 Å². The third-order valence-electron chi connectivity index (χ3n) is 4.46. The molecule has 2 N–H and O–H groups in total. The van der Waals surface area contributed by atoms with Crippen molar-refractivity contribution in [3.63, 3.8) is 0 Å². The zero-order valence-corrected chi connectivity index (χ0v) is 13.1. The van der Waals surface area contributed by atoms with E-state index in [1.807, 2.05) is 12.1 Å². The molecule has 0 atom stereocenters. The third kappa shape index (κ3) is 2.86. The summed E-state index contributed by atoms with van der Waals surface area (Å²) >= 11 is 0. The summed E-state index contributed by atoms with van der Waals surface area (Å²) in [6.45, 7) is 7.87. The van der Waals surface area contributed by atoms with Crippen LogP contribution in [0.1, 0.15) is 11.1 Å². The molecule has 0 amide bonds. The van der Waals surface area contributed by atoms with Gasteiger partial charge in [-0.2, -0.15) is 0 Å². The zero-order valence-electron chi connectivity index (χ0n) is 13.1. The van der Waals surface area contributed by atoms with Crippen molar-refractivity contribution >= 4 is 17.1 Å². The monoisotopic (exact) mass is 299 g/mol. The number of aryl methyl sites for hydroxylation is 2. The summed E-state index contributed by atoms with van der Waals surface area (Å²) in [7, 11) is 0. The molecule has 2 aromatic rings. The van der Waals surface area contributed by atoms with Crippen LogP contribution in [-0.4, -0.2) is 26.2 Å². The number of benzene rings is 2. The van der Waals surface area contributed by atoms with E-state index in [1.54, 1.807) is 0 Å². The van der Waals surface area contributed by atoms with E-state index in [1.165, 1.54) is 23.3 Å². The highest BCUT2D eigenvalue weighted by atomic mass is 19.1. The molecular weight excluding hydrogens is 277 g/mol. The normalized spacial score (nSPS) is 15.2. The van der Waals surface area contributed by atoms with Crippen LogP contribution in [0.3, 0.4) is 0 Å². The zero-order chi connectivity index (χ0) is 15.7. The summed E-state index contributed by atoms with van der Waals surface area (Å²) in [5.41, 5.74) is 11.7. The maximum Gasteiger partial charge on any atom is 0.123 e. The Labute approximate surface area is 131 Å². The maximum absolute atomic E-state index is 13.0. The lowest BCUT2D eigenvalue weighted by molar-refractivity contribution is 0.625.